The molecule has 1 aromatic rings. The van der Waals surface area contributed by atoms with Gasteiger partial charge < -0.3 is 19.3 Å². The van der Waals surface area contributed by atoms with Crippen LogP contribution >= 0.6 is 0 Å². The number of fused-ring (bicyclic) bond motifs is 3. The van der Waals surface area contributed by atoms with Crippen LogP contribution in [0, 0.1) is 10.1 Å². The molecule has 2 heterocycles. The van der Waals surface area contributed by atoms with Crippen LogP contribution in [0.3, 0.4) is 0 Å². The number of piperazine rings is 1. The van der Waals surface area contributed by atoms with Gasteiger partial charge in [-0.25, -0.2) is 4.79 Å². The third-order valence-corrected chi connectivity index (χ3v) is 4.11. The molecule has 0 aliphatic carbocycles. The van der Waals surface area contributed by atoms with Crippen LogP contribution in [0.2, 0.25) is 0 Å². The molecule has 2 aliphatic heterocycles. The number of hydrogen-bond acceptors (Lipinski definition) is 6. The lowest BCUT2D eigenvalue weighted by Crippen LogP contribution is -2.58. The van der Waals surface area contributed by atoms with Gasteiger partial charge in [-0.05, 0) is 26.8 Å². The van der Waals surface area contributed by atoms with E-state index in [0.717, 1.165) is 5.69 Å². The van der Waals surface area contributed by atoms with Gasteiger partial charge in [0.05, 0.1) is 23.2 Å². The predicted molar refractivity (Wildman–Crippen MR) is 91.8 cm³/mol. The van der Waals surface area contributed by atoms with E-state index in [2.05, 4.69) is 11.5 Å². The first-order valence-electron chi connectivity index (χ1n) is 8.05. The number of anilines is 1. The van der Waals surface area contributed by atoms with Crippen molar-refractivity contribution in [3.63, 3.8) is 0 Å². The average molecular weight is 347 g/mol. The zero-order chi connectivity index (χ0) is 18.4. The molecular weight excluding hydrogens is 326 g/mol. The number of nitro groups is 1. The van der Waals surface area contributed by atoms with E-state index in [0.29, 0.717) is 31.1 Å². The van der Waals surface area contributed by atoms with Crippen molar-refractivity contribution in [3.05, 3.63) is 40.7 Å². The number of non-ortho nitro benzene ring substituents is 1. The molecule has 1 amide bonds. The highest BCUT2D eigenvalue weighted by Gasteiger charge is 2.38. The van der Waals surface area contributed by atoms with Gasteiger partial charge in [-0.2, -0.15) is 0 Å². The fraction of sp³-hybridized carbons (Fsp3) is 0.471. The Balaban J connectivity index is 1.81. The first-order valence-corrected chi connectivity index (χ1v) is 8.05. The number of nitrogens with zero attached hydrogens (tertiary/aromatic N) is 3. The summed E-state index contributed by atoms with van der Waals surface area (Å²) in [6.07, 6.45) is -0.366. The lowest BCUT2D eigenvalue weighted by molar-refractivity contribution is -0.384. The first kappa shape index (κ1) is 17.1. The molecule has 8 heteroatoms. The summed E-state index contributed by atoms with van der Waals surface area (Å²) in [5.74, 6) is 0.877. The molecule has 0 spiro atoms. The fourth-order valence-electron chi connectivity index (χ4n) is 2.98. The lowest BCUT2D eigenvalue weighted by Gasteiger charge is -2.45. The Kier molecular flexibility index (Phi) is 4.06. The van der Waals surface area contributed by atoms with Crippen molar-refractivity contribution in [2.75, 3.05) is 24.5 Å². The van der Waals surface area contributed by atoms with E-state index in [4.69, 9.17) is 9.47 Å². The normalized spacial score (nSPS) is 19.6. The van der Waals surface area contributed by atoms with E-state index in [1.807, 2.05) is 20.8 Å². The minimum Gasteiger partial charge on any atom is -0.458 e. The van der Waals surface area contributed by atoms with E-state index in [-0.39, 0.29) is 17.8 Å². The molecule has 1 atom stereocenters. The van der Waals surface area contributed by atoms with E-state index in [1.165, 1.54) is 12.1 Å². The van der Waals surface area contributed by atoms with Crippen LogP contribution in [0.5, 0.6) is 5.75 Å². The van der Waals surface area contributed by atoms with E-state index in [1.54, 1.807) is 11.0 Å². The smallest absolute Gasteiger partial charge is 0.410 e. The van der Waals surface area contributed by atoms with Crippen LogP contribution in [0.4, 0.5) is 16.2 Å². The minimum absolute atomic E-state index is 0.0302. The van der Waals surface area contributed by atoms with Gasteiger partial charge in [-0.1, -0.05) is 6.58 Å². The van der Waals surface area contributed by atoms with Crippen molar-refractivity contribution in [1.29, 1.82) is 0 Å². The third kappa shape index (κ3) is 3.38. The van der Waals surface area contributed by atoms with Gasteiger partial charge in [0.1, 0.15) is 17.4 Å². The summed E-state index contributed by atoms with van der Waals surface area (Å²) >= 11 is 0. The topological polar surface area (TPSA) is 85.2 Å². The standard InChI is InChI=1S/C17H21N3O5/c1-11-14-10-18(16(21)25-17(2,3)4)7-8-19(14)13-6-5-12(20(22)23)9-15(13)24-11/h5-6,9,14H,1,7-8,10H2,2-4H3/t14-/m1/s1. The zero-order valence-electron chi connectivity index (χ0n) is 14.5. The Hall–Kier alpha value is -2.77. The molecule has 3 rings (SSSR count). The quantitative estimate of drug-likeness (QED) is 0.573. The molecule has 1 aromatic carbocycles. The van der Waals surface area contributed by atoms with Gasteiger partial charge in [-0.3, -0.25) is 10.1 Å². The van der Waals surface area contributed by atoms with Crippen molar-refractivity contribution in [3.8, 4) is 5.75 Å². The van der Waals surface area contributed by atoms with Gasteiger partial charge in [0.15, 0.2) is 5.75 Å². The molecule has 0 N–H and O–H groups in total. The summed E-state index contributed by atoms with van der Waals surface area (Å²) in [5, 5.41) is 10.9. The highest BCUT2D eigenvalue weighted by Crippen LogP contribution is 2.40. The molecule has 134 valence electrons. The Morgan fingerprint density at radius 3 is 2.76 bits per heavy atom. The fourth-order valence-corrected chi connectivity index (χ4v) is 2.98. The predicted octanol–water partition coefficient (Wildman–Crippen LogP) is 2.93. The molecule has 0 unspecified atom stereocenters. The number of rotatable bonds is 1. The largest absolute Gasteiger partial charge is 0.458 e. The molecule has 25 heavy (non-hydrogen) atoms. The number of hydrogen-bond donors (Lipinski definition) is 0. The van der Waals surface area contributed by atoms with Gasteiger partial charge in [0.25, 0.3) is 5.69 Å². The van der Waals surface area contributed by atoms with Crippen molar-refractivity contribution in [2.45, 2.75) is 32.4 Å². The van der Waals surface area contributed by atoms with Gasteiger partial charge in [-0.15, -0.1) is 0 Å². The SMILES string of the molecule is C=C1Oc2cc([N+](=O)[O-])ccc2N2CCN(C(=O)OC(C)(C)C)C[C@H]12. The Bertz CT molecular complexity index is 740. The number of benzene rings is 1. The number of nitro benzene ring substituents is 1. The van der Waals surface area contributed by atoms with Crippen LogP contribution in [-0.2, 0) is 4.74 Å². The molecule has 0 aromatic heterocycles. The van der Waals surface area contributed by atoms with Crippen molar-refractivity contribution < 1.29 is 19.2 Å². The number of ether oxygens (including phenoxy) is 2. The Morgan fingerprint density at radius 2 is 2.12 bits per heavy atom. The number of carbonyl (C=O) groups excluding carboxylic acids is 1. The summed E-state index contributed by atoms with van der Waals surface area (Å²) < 4.78 is 11.1. The minimum atomic E-state index is -0.556. The molecular formula is C17H21N3O5. The number of carbonyl (C=O) groups is 1. The maximum Gasteiger partial charge on any atom is 0.410 e. The summed E-state index contributed by atoms with van der Waals surface area (Å²) in [5.41, 5.74) is 0.184. The Morgan fingerprint density at radius 1 is 1.40 bits per heavy atom. The highest BCUT2D eigenvalue weighted by molar-refractivity contribution is 5.71. The second kappa shape index (κ2) is 5.94. The molecule has 8 nitrogen and oxygen atoms in total. The second-order valence-corrected chi connectivity index (χ2v) is 7.11. The zero-order valence-corrected chi connectivity index (χ0v) is 14.5. The third-order valence-electron chi connectivity index (χ3n) is 4.11. The van der Waals surface area contributed by atoms with Crippen LogP contribution in [0.15, 0.2) is 30.5 Å². The van der Waals surface area contributed by atoms with Crippen LogP contribution in [0.1, 0.15) is 20.8 Å². The monoisotopic (exact) mass is 347 g/mol. The van der Waals surface area contributed by atoms with Crippen molar-refractivity contribution >= 4 is 17.5 Å². The molecule has 1 fully saturated rings. The van der Waals surface area contributed by atoms with Crippen LogP contribution < -0.4 is 9.64 Å². The van der Waals surface area contributed by atoms with Gasteiger partial charge >= 0.3 is 6.09 Å². The number of amides is 1. The van der Waals surface area contributed by atoms with Gasteiger partial charge in [0.2, 0.25) is 0 Å². The van der Waals surface area contributed by atoms with Crippen molar-refractivity contribution in [1.82, 2.24) is 4.90 Å². The molecule has 2 aliphatic rings. The average Bonchev–Trinajstić information content (AvgIpc) is 2.52. The maximum absolute atomic E-state index is 12.3. The summed E-state index contributed by atoms with van der Waals surface area (Å²) in [4.78, 5) is 26.5. The first-order chi connectivity index (χ1) is 11.7. The maximum atomic E-state index is 12.3. The summed E-state index contributed by atoms with van der Waals surface area (Å²) in [7, 11) is 0. The molecule has 0 radical (unpaired) electrons. The van der Waals surface area contributed by atoms with E-state index in [9.17, 15) is 14.9 Å². The van der Waals surface area contributed by atoms with Gasteiger partial charge in [0, 0.05) is 19.2 Å². The molecule has 0 bridgehead atoms. The van der Waals surface area contributed by atoms with Crippen LogP contribution in [-0.4, -0.2) is 47.2 Å². The lowest BCUT2D eigenvalue weighted by atomic mass is 10.1. The summed E-state index contributed by atoms with van der Waals surface area (Å²) in [6, 6.07) is 4.32. The second-order valence-electron chi connectivity index (χ2n) is 7.11. The Labute approximate surface area is 145 Å². The van der Waals surface area contributed by atoms with E-state index >= 15 is 0 Å². The molecule has 0 saturated carbocycles. The summed E-state index contributed by atoms with van der Waals surface area (Å²) in [6.45, 7) is 10.9. The van der Waals surface area contributed by atoms with Crippen molar-refractivity contribution in [2.24, 2.45) is 0 Å². The highest BCUT2D eigenvalue weighted by atomic mass is 16.6. The van der Waals surface area contributed by atoms with Crippen LogP contribution in [0.25, 0.3) is 0 Å². The molecule has 1 saturated heterocycles. The van der Waals surface area contributed by atoms with E-state index < -0.39 is 10.5 Å².